The van der Waals surface area contributed by atoms with Gasteiger partial charge in [0, 0.05) is 5.57 Å². The van der Waals surface area contributed by atoms with E-state index < -0.39 is 5.97 Å². The zero-order chi connectivity index (χ0) is 13.9. The van der Waals surface area contributed by atoms with Crippen molar-refractivity contribution in [2.24, 2.45) is 11.8 Å². The van der Waals surface area contributed by atoms with E-state index in [1.807, 2.05) is 20.8 Å². The van der Waals surface area contributed by atoms with E-state index in [0.717, 1.165) is 11.1 Å². The highest BCUT2D eigenvalue weighted by molar-refractivity contribution is 5.89. The summed E-state index contributed by atoms with van der Waals surface area (Å²) in [6.07, 6.45) is 2.55. The Kier molecular flexibility index (Phi) is 4.70. The number of carbonyl (C=O) groups is 2. The van der Waals surface area contributed by atoms with Crippen molar-refractivity contribution < 1.29 is 19.4 Å². The molecule has 0 amide bonds. The van der Waals surface area contributed by atoms with Gasteiger partial charge in [0.05, 0.1) is 13.0 Å². The van der Waals surface area contributed by atoms with Crippen LogP contribution in [0.2, 0.25) is 0 Å². The molecule has 0 fully saturated rings. The SMILES string of the molecule is COC(=O)C1CCC(C(=O)O)=C/C1=C(/C)C(C)C. The number of ether oxygens (including phenoxy) is 1. The van der Waals surface area contributed by atoms with Gasteiger partial charge in [-0.3, -0.25) is 4.79 Å². The molecule has 100 valence electrons. The third kappa shape index (κ3) is 3.00. The maximum Gasteiger partial charge on any atom is 0.331 e. The van der Waals surface area contributed by atoms with Gasteiger partial charge in [0.15, 0.2) is 0 Å². The van der Waals surface area contributed by atoms with E-state index in [0.29, 0.717) is 18.4 Å². The predicted octanol–water partition coefficient (Wildman–Crippen LogP) is 2.55. The van der Waals surface area contributed by atoms with Crippen molar-refractivity contribution in [3.05, 3.63) is 22.8 Å². The van der Waals surface area contributed by atoms with Gasteiger partial charge in [-0.15, -0.1) is 0 Å². The molecule has 1 aliphatic carbocycles. The molecule has 0 saturated carbocycles. The Bertz CT molecular complexity index is 416. The summed E-state index contributed by atoms with van der Waals surface area (Å²) in [6.45, 7) is 6.00. The number of carboxylic acids is 1. The van der Waals surface area contributed by atoms with E-state index in [9.17, 15) is 9.59 Å². The van der Waals surface area contributed by atoms with Crippen LogP contribution in [0.5, 0.6) is 0 Å². The number of carboxylic acid groups (broad SMARTS) is 1. The van der Waals surface area contributed by atoms with Gasteiger partial charge in [-0.25, -0.2) is 4.79 Å². The number of aliphatic carboxylic acids is 1. The summed E-state index contributed by atoms with van der Waals surface area (Å²) < 4.78 is 4.80. The number of esters is 1. The van der Waals surface area contributed by atoms with Gasteiger partial charge >= 0.3 is 11.9 Å². The molecule has 1 unspecified atom stereocenters. The number of carbonyl (C=O) groups excluding carboxylic acids is 1. The predicted molar refractivity (Wildman–Crippen MR) is 68.0 cm³/mol. The molecule has 1 rings (SSSR count). The molecule has 0 bridgehead atoms. The monoisotopic (exact) mass is 252 g/mol. The minimum Gasteiger partial charge on any atom is -0.478 e. The Morgan fingerprint density at radius 1 is 1.44 bits per heavy atom. The fourth-order valence-corrected chi connectivity index (χ4v) is 2.09. The first-order valence-electron chi connectivity index (χ1n) is 6.10. The molecule has 0 aromatic carbocycles. The number of rotatable bonds is 3. The fourth-order valence-electron chi connectivity index (χ4n) is 2.09. The number of hydrogen-bond acceptors (Lipinski definition) is 3. The summed E-state index contributed by atoms with van der Waals surface area (Å²) >= 11 is 0. The summed E-state index contributed by atoms with van der Waals surface area (Å²) in [5.41, 5.74) is 2.22. The van der Waals surface area contributed by atoms with Crippen molar-refractivity contribution in [2.45, 2.75) is 33.6 Å². The van der Waals surface area contributed by atoms with Gasteiger partial charge in [0.1, 0.15) is 0 Å². The minimum absolute atomic E-state index is 0.275. The highest BCUT2D eigenvalue weighted by Gasteiger charge is 2.30. The van der Waals surface area contributed by atoms with Gasteiger partial charge < -0.3 is 9.84 Å². The lowest BCUT2D eigenvalue weighted by molar-refractivity contribution is -0.144. The van der Waals surface area contributed by atoms with Crippen molar-refractivity contribution in [1.82, 2.24) is 0 Å². The molecule has 0 spiro atoms. The average molecular weight is 252 g/mol. The van der Waals surface area contributed by atoms with Gasteiger partial charge in [-0.2, -0.15) is 0 Å². The van der Waals surface area contributed by atoms with Gasteiger partial charge in [-0.1, -0.05) is 19.4 Å². The third-order valence-electron chi connectivity index (χ3n) is 3.49. The molecular formula is C14H20O4. The van der Waals surface area contributed by atoms with Crippen LogP contribution in [-0.2, 0) is 14.3 Å². The maximum absolute atomic E-state index is 11.7. The Balaban J connectivity index is 3.23. The number of allylic oxidation sites excluding steroid dienone is 2. The van der Waals surface area contributed by atoms with Crippen molar-refractivity contribution in [3.8, 4) is 0 Å². The largest absolute Gasteiger partial charge is 0.478 e. The molecule has 0 radical (unpaired) electrons. The average Bonchev–Trinajstić information content (AvgIpc) is 2.35. The van der Waals surface area contributed by atoms with Gasteiger partial charge in [-0.05, 0) is 37.3 Å². The molecule has 0 aromatic heterocycles. The lowest BCUT2D eigenvalue weighted by Crippen LogP contribution is -2.24. The molecule has 0 aromatic rings. The van der Waals surface area contributed by atoms with E-state index in [-0.39, 0.29) is 17.8 Å². The molecule has 18 heavy (non-hydrogen) atoms. The molecule has 4 nitrogen and oxygen atoms in total. The standard InChI is InChI=1S/C14H20O4/c1-8(2)9(3)12-7-10(13(15)16)5-6-11(12)14(17)18-4/h7-8,11H,5-6H2,1-4H3,(H,15,16)/b12-9+. The summed E-state index contributed by atoms with van der Waals surface area (Å²) in [6, 6.07) is 0. The van der Waals surface area contributed by atoms with Gasteiger partial charge in [0.2, 0.25) is 0 Å². The first kappa shape index (κ1) is 14.5. The van der Waals surface area contributed by atoms with Crippen molar-refractivity contribution in [2.75, 3.05) is 7.11 Å². The first-order chi connectivity index (χ1) is 8.38. The Morgan fingerprint density at radius 3 is 2.50 bits per heavy atom. The van der Waals surface area contributed by atoms with Crippen molar-refractivity contribution in [3.63, 3.8) is 0 Å². The number of methoxy groups -OCH3 is 1. The number of hydrogen-bond donors (Lipinski definition) is 1. The third-order valence-corrected chi connectivity index (χ3v) is 3.49. The summed E-state index contributed by atoms with van der Waals surface area (Å²) in [5.74, 6) is -1.25. The summed E-state index contributed by atoms with van der Waals surface area (Å²) in [4.78, 5) is 22.8. The Labute approximate surface area is 107 Å². The maximum atomic E-state index is 11.7. The topological polar surface area (TPSA) is 63.6 Å². The van der Waals surface area contributed by atoms with E-state index in [1.54, 1.807) is 6.08 Å². The lowest BCUT2D eigenvalue weighted by Gasteiger charge is -2.24. The Morgan fingerprint density at radius 2 is 2.06 bits per heavy atom. The van der Waals surface area contributed by atoms with Crippen LogP contribution in [0, 0.1) is 11.8 Å². The van der Waals surface area contributed by atoms with E-state index >= 15 is 0 Å². The normalized spacial score (nSPS) is 22.5. The highest BCUT2D eigenvalue weighted by Crippen LogP contribution is 2.33. The molecule has 1 aliphatic rings. The second-order valence-electron chi connectivity index (χ2n) is 4.88. The molecular weight excluding hydrogens is 232 g/mol. The van der Waals surface area contributed by atoms with Crippen molar-refractivity contribution >= 4 is 11.9 Å². The van der Waals surface area contributed by atoms with Crippen LogP contribution >= 0.6 is 0 Å². The fraction of sp³-hybridized carbons (Fsp3) is 0.571. The van der Waals surface area contributed by atoms with Crippen LogP contribution in [0.25, 0.3) is 0 Å². The summed E-state index contributed by atoms with van der Waals surface area (Å²) in [7, 11) is 1.36. The second kappa shape index (κ2) is 5.85. The van der Waals surface area contributed by atoms with E-state index in [1.165, 1.54) is 7.11 Å². The van der Waals surface area contributed by atoms with Crippen molar-refractivity contribution in [1.29, 1.82) is 0 Å². The van der Waals surface area contributed by atoms with Crippen LogP contribution in [0.1, 0.15) is 33.6 Å². The molecule has 4 heteroatoms. The second-order valence-corrected chi connectivity index (χ2v) is 4.88. The Hall–Kier alpha value is -1.58. The van der Waals surface area contributed by atoms with Crippen LogP contribution in [0.4, 0.5) is 0 Å². The zero-order valence-electron chi connectivity index (χ0n) is 11.3. The summed E-state index contributed by atoms with van der Waals surface area (Å²) in [5, 5.41) is 9.05. The quantitative estimate of drug-likeness (QED) is 0.784. The molecule has 0 heterocycles. The molecule has 0 saturated heterocycles. The molecule has 0 aliphatic heterocycles. The smallest absolute Gasteiger partial charge is 0.331 e. The molecule has 1 atom stereocenters. The van der Waals surface area contributed by atoms with Crippen LogP contribution < -0.4 is 0 Å². The minimum atomic E-state index is -0.910. The first-order valence-corrected chi connectivity index (χ1v) is 6.10. The van der Waals surface area contributed by atoms with Crippen LogP contribution in [0.3, 0.4) is 0 Å². The molecule has 1 N–H and O–H groups in total. The highest BCUT2D eigenvalue weighted by atomic mass is 16.5. The van der Waals surface area contributed by atoms with Crippen LogP contribution in [0.15, 0.2) is 22.8 Å². The van der Waals surface area contributed by atoms with Crippen LogP contribution in [-0.4, -0.2) is 24.2 Å². The van der Waals surface area contributed by atoms with E-state index in [2.05, 4.69) is 0 Å². The lowest BCUT2D eigenvalue weighted by atomic mass is 9.80. The van der Waals surface area contributed by atoms with Gasteiger partial charge in [0.25, 0.3) is 0 Å². The van der Waals surface area contributed by atoms with E-state index in [4.69, 9.17) is 9.84 Å². The zero-order valence-corrected chi connectivity index (χ0v) is 11.3.